The highest BCUT2D eigenvalue weighted by molar-refractivity contribution is 8.00. The molecule has 1 atom stereocenters. The highest BCUT2D eigenvalue weighted by Crippen LogP contribution is 2.16. The fourth-order valence-electron chi connectivity index (χ4n) is 1.59. The minimum absolute atomic E-state index is 0.0962. The van der Waals surface area contributed by atoms with Crippen molar-refractivity contribution >= 4 is 29.3 Å². The van der Waals surface area contributed by atoms with Gasteiger partial charge in [-0.05, 0) is 24.3 Å². The van der Waals surface area contributed by atoms with Crippen molar-refractivity contribution in [2.75, 3.05) is 23.9 Å². The minimum Gasteiger partial charge on any atom is -0.497 e. The lowest BCUT2D eigenvalue weighted by Crippen LogP contribution is -2.49. The molecular formula is C12H14N2O3S. The zero-order valence-electron chi connectivity index (χ0n) is 9.93. The van der Waals surface area contributed by atoms with E-state index in [1.54, 1.807) is 31.4 Å². The molecule has 1 heterocycles. The minimum atomic E-state index is -0.460. The number of rotatable bonds is 3. The van der Waals surface area contributed by atoms with E-state index in [-0.39, 0.29) is 11.8 Å². The van der Waals surface area contributed by atoms with E-state index in [4.69, 9.17) is 4.74 Å². The van der Waals surface area contributed by atoms with Gasteiger partial charge in [-0.3, -0.25) is 9.59 Å². The second kappa shape index (κ2) is 5.77. The largest absolute Gasteiger partial charge is 0.497 e. The van der Waals surface area contributed by atoms with Crippen LogP contribution in [0.15, 0.2) is 24.3 Å². The van der Waals surface area contributed by atoms with Crippen molar-refractivity contribution in [2.45, 2.75) is 6.04 Å². The maximum atomic E-state index is 11.9. The van der Waals surface area contributed by atoms with E-state index in [2.05, 4.69) is 10.6 Å². The first-order chi connectivity index (χ1) is 8.69. The van der Waals surface area contributed by atoms with E-state index in [1.807, 2.05) is 0 Å². The van der Waals surface area contributed by atoms with Gasteiger partial charge in [-0.1, -0.05) is 0 Å². The number of hydrogen-bond donors (Lipinski definition) is 2. The fraction of sp³-hybridized carbons (Fsp3) is 0.333. The Morgan fingerprint density at radius 1 is 1.44 bits per heavy atom. The summed E-state index contributed by atoms with van der Waals surface area (Å²) in [6, 6.07) is 6.59. The average Bonchev–Trinajstić information content (AvgIpc) is 2.39. The van der Waals surface area contributed by atoms with Crippen LogP contribution in [-0.2, 0) is 9.59 Å². The highest BCUT2D eigenvalue weighted by Gasteiger charge is 2.24. The van der Waals surface area contributed by atoms with E-state index in [0.29, 0.717) is 17.2 Å². The monoisotopic (exact) mass is 266 g/mol. The number of anilines is 1. The average molecular weight is 266 g/mol. The normalized spacial score (nSPS) is 18.9. The summed E-state index contributed by atoms with van der Waals surface area (Å²) in [6.07, 6.45) is 0. The molecule has 18 heavy (non-hydrogen) atoms. The zero-order valence-corrected chi connectivity index (χ0v) is 10.8. The van der Waals surface area contributed by atoms with Gasteiger partial charge in [0.05, 0.1) is 12.9 Å². The molecule has 0 aliphatic carbocycles. The smallest absolute Gasteiger partial charge is 0.247 e. The van der Waals surface area contributed by atoms with Gasteiger partial charge in [-0.2, -0.15) is 0 Å². The van der Waals surface area contributed by atoms with Gasteiger partial charge in [0.15, 0.2) is 0 Å². The van der Waals surface area contributed by atoms with Crippen molar-refractivity contribution in [1.29, 1.82) is 0 Å². The van der Waals surface area contributed by atoms with Crippen LogP contribution in [0.4, 0.5) is 5.69 Å². The van der Waals surface area contributed by atoms with Crippen molar-refractivity contribution in [1.82, 2.24) is 5.32 Å². The Balaban J connectivity index is 1.95. The third-order valence-corrected chi connectivity index (χ3v) is 3.56. The van der Waals surface area contributed by atoms with Gasteiger partial charge in [-0.15, -0.1) is 11.8 Å². The van der Waals surface area contributed by atoms with Crippen LogP contribution in [0.3, 0.4) is 0 Å². The van der Waals surface area contributed by atoms with Gasteiger partial charge in [-0.25, -0.2) is 0 Å². The maximum Gasteiger partial charge on any atom is 0.247 e. The third-order valence-electron chi connectivity index (χ3n) is 2.53. The first kappa shape index (κ1) is 12.8. The zero-order chi connectivity index (χ0) is 13.0. The predicted octanol–water partition coefficient (Wildman–Crippen LogP) is 0.865. The molecule has 0 aromatic heterocycles. The lowest BCUT2D eigenvalue weighted by molar-refractivity contribution is -0.124. The summed E-state index contributed by atoms with van der Waals surface area (Å²) in [7, 11) is 1.59. The molecule has 0 spiro atoms. The number of amides is 2. The van der Waals surface area contributed by atoms with Crippen molar-refractivity contribution in [3.05, 3.63) is 24.3 Å². The third kappa shape index (κ3) is 3.16. The van der Waals surface area contributed by atoms with Crippen molar-refractivity contribution in [3.8, 4) is 5.75 Å². The Hall–Kier alpha value is -1.69. The predicted molar refractivity (Wildman–Crippen MR) is 70.9 cm³/mol. The summed E-state index contributed by atoms with van der Waals surface area (Å²) in [4.78, 5) is 23.1. The maximum absolute atomic E-state index is 11.9. The van der Waals surface area contributed by atoms with Crippen LogP contribution in [0.5, 0.6) is 5.75 Å². The molecule has 1 saturated heterocycles. The lowest BCUT2D eigenvalue weighted by Gasteiger charge is -2.22. The molecule has 0 radical (unpaired) electrons. The molecule has 2 amide bonds. The Kier molecular flexibility index (Phi) is 4.09. The topological polar surface area (TPSA) is 67.4 Å². The van der Waals surface area contributed by atoms with Crippen molar-refractivity contribution < 1.29 is 14.3 Å². The van der Waals surface area contributed by atoms with Gasteiger partial charge < -0.3 is 15.4 Å². The van der Waals surface area contributed by atoms with E-state index in [0.717, 1.165) is 5.75 Å². The molecule has 1 aromatic rings. The lowest BCUT2D eigenvalue weighted by atomic mass is 10.2. The summed E-state index contributed by atoms with van der Waals surface area (Å²) in [5, 5.41) is 5.42. The summed E-state index contributed by atoms with van der Waals surface area (Å²) in [5.41, 5.74) is 0.686. The van der Waals surface area contributed by atoms with Crippen LogP contribution in [0, 0.1) is 0 Å². The summed E-state index contributed by atoms with van der Waals surface area (Å²) in [6.45, 7) is 0. The molecule has 2 N–H and O–H groups in total. The van der Waals surface area contributed by atoms with Crippen LogP contribution >= 0.6 is 11.8 Å². The van der Waals surface area contributed by atoms with Crippen molar-refractivity contribution in [2.24, 2.45) is 0 Å². The van der Waals surface area contributed by atoms with E-state index in [9.17, 15) is 9.59 Å². The second-order valence-corrected chi connectivity index (χ2v) is 4.88. The number of ether oxygens (including phenoxy) is 1. The molecule has 6 heteroatoms. The Morgan fingerprint density at radius 2 is 2.17 bits per heavy atom. The summed E-state index contributed by atoms with van der Waals surface area (Å²) in [5.74, 6) is 1.47. The molecule has 1 fully saturated rings. The van der Waals surface area contributed by atoms with E-state index >= 15 is 0 Å². The first-order valence-corrected chi connectivity index (χ1v) is 6.66. The summed E-state index contributed by atoms with van der Waals surface area (Å²) >= 11 is 1.46. The summed E-state index contributed by atoms with van der Waals surface area (Å²) < 4.78 is 5.03. The van der Waals surface area contributed by atoms with Crippen molar-refractivity contribution in [3.63, 3.8) is 0 Å². The number of thioether (sulfide) groups is 1. The molecule has 0 saturated carbocycles. The molecule has 0 bridgehead atoms. The quantitative estimate of drug-likeness (QED) is 0.851. The van der Waals surface area contributed by atoms with Gasteiger partial charge in [0, 0.05) is 11.4 Å². The Labute approximate surface area is 109 Å². The molecule has 1 aromatic carbocycles. The number of nitrogens with one attached hydrogen (secondary N) is 2. The number of methoxy groups -OCH3 is 1. The number of carbonyl (C=O) groups is 2. The van der Waals surface area contributed by atoms with Gasteiger partial charge in [0.25, 0.3) is 0 Å². The fourth-order valence-corrected chi connectivity index (χ4v) is 2.45. The standard InChI is InChI=1S/C12H14N2O3S/c1-17-9-4-2-8(3-5-9)13-12(16)10-6-18-7-11(15)14-10/h2-5,10H,6-7H2,1H3,(H,13,16)(H,14,15). The van der Waals surface area contributed by atoms with Gasteiger partial charge in [0.2, 0.25) is 11.8 Å². The van der Waals surface area contributed by atoms with E-state index in [1.165, 1.54) is 11.8 Å². The molecule has 1 unspecified atom stereocenters. The Bertz CT molecular complexity index is 447. The number of hydrogen-bond acceptors (Lipinski definition) is 4. The molecule has 1 aliphatic heterocycles. The SMILES string of the molecule is COc1ccc(NC(=O)C2CSCC(=O)N2)cc1. The van der Waals surface area contributed by atoms with Crippen LogP contribution in [0.25, 0.3) is 0 Å². The molecule has 2 rings (SSSR count). The van der Waals surface area contributed by atoms with Crippen LogP contribution in [0.2, 0.25) is 0 Å². The van der Waals surface area contributed by atoms with Gasteiger partial charge in [0.1, 0.15) is 11.8 Å². The molecule has 96 valence electrons. The Morgan fingerprint density at radius 3 is 2.78 bits per heavy atom. The second-order valence-electron chi connectivity index (χ2n) is 3.85. The molecule has 5 nitrogen and oxygen atoms in total. The van der Waals surface area contributed by atoms with Crippen LogP contribution in [0.1, 0.15) is 0 Å². The van der Waals surface area contributed by atoms with Crippen LogP contribution < -0.4 is 15.4 Å². The number of benzene rings is 1. The molecule has 1 aliphatic rings. The highest BCUT2D eigenvalue weighted by atomic mass is 32.2. The van der Waals surface area contributed by atoms with E-state index < -0.39 is 6.04 Å². The number of carbonyl (C=O) groups excluding carboxylic acids is 2. The van der Waals surface area contributed by atoms with Crippen LogP contribution in [-0.4, -0.2) is 36.5 Å². The molecular weight excluding hydrogens is 252 g/mol. The van der Waals surface area contributed by atoms with Gasteiger partial charge >= 0.3 is 0 Å². The first-order valence-electron chi connectivity index (χ1n) is 5.51.